The minimum absolute atomic E-state index is 0. The fraction of sp³-hybridized carbons (Fsp3) is 0.400. The lowest BCUT2D eigenvalue weighted by atomic mass is 9.98. The monoisotopic (exact) mass is 535 g/mol. The Morgan fingerprint density at radius 2 is 1.63 bits per heavy atom. The zero-order valence-electron chi connectivity index (χ0n) is 22.2. The largest absolute Gasteiger partial charge is 0.343 e. The molecule has 1 fully saturated rings. The van der Waals surface area contributed by atoms with Gasteiger partial charge in [0.15, 0.2) is 0 Å². The first-order valence-corrected chi connectivity index (χ1v) is 13.3. The van der Waals surface area contributed by atoms with Gasteiger partial charge >= 0.3 is 0 Å². The van der Waals surface area contributed by atoms with Gasteiger partial charge in [-0.2, -0.15) is 0 Å². The molecule has 3 N–H and O–H groups in total. The summed E-state index contributed by atoms with van der Waals surface area (Å²) in [6, 6.07) is 20.1. The van der Waals surface area contributed by atoms with E-state index >= 15 is 0 Å². The quantitative estimate of drug-likeness (QED) is 0.433. The molecule has 38 heavy (non-hydrogen) atoms. The maximum atomic E-state index is 13.9. The van der Waals surface area contributed by atoms with Crippen LogP contribution in [0.25, 0.3) is 10.8 Å². The number of carbonyl (C=O) groups is 2. The summed E-state index contributed by atoms with van der Waals surface area (Å²) in [5.41, 5.74) is 4.49. The number of benzene rings is 3. The summed E-state index contributed by atoms with van der Waals surface area (Å²) in [5, 5.41) is 11.8. The first-order chi connectivity index (χ1) is 18.0. The number of likely N-dealkylation sites (N-methyl/N-ethyl adjacent to an activating group) is 1. The molecular formula is C30H38ClN5O2. The van der Waals surface area contributed by atoms with E-state index in [4.69, 9.17) is 0 Å². The van der Waals surface area contributed by atoms with Crippen molar-refractivity contribution in [1.29, 1.82) is 0 Å². The molecule has 3 aromatic carbocycles. The van der Waals surface area contributed by atoms with Crippen molar-refractivity contribution >= 4 is 40.7 Å². The zero-order chi connectivity index (χ0) is 25.8. The molecule has 0 unspecified atom stereocenters. The molecule has 0 saturated carbocycles. The second-order valence-corrected chi connectivity index (χ2v) is 10.1. The van der Waals surface area contributed by atoms with Gasteiger partial charge in [-0.3, -0.25) is 14.5 Å². The van der Waals surface area contributed by atoms with E-state index in [1.807, 2.05) is 23.1 Å². The van der Waals surface area contributed by atoms with E-state index in [2.05, 4.69) is 63.3 Å². The highest BCUT2D eigenvalue weighted by Gasteiger charge is 2.32. The Bertz CT molecular complexity index is 1280. The van der Waals surface area contributed by atoms with Crippen molar-refractivity contribution in [3.63, 3.8) is 0 Å². The van der Waals surface area contributed by atoms with E-state index in [0.717, 1.165) is 56.0 Å². The lowest BCUT2D eigenvalue weighted by Gasteiger charge is -2.28. The maximum Gasteiger partial charge on any atom is 0.249 e. The van der Waals surface area contributed by atoms with Gasteiger partial charge in [-0.05, 0) is 60.3 Å². The number of amides is 2. The summed E-state index contributed by atoms with van der Waals surface area (Å²) in [6.07, 6.45) is 1.32. The van der Waals surface area contributed by atoms with Crippen LogP contribution in [0, 0.1) is 0 Å². The van der Waals surface area contributed by atoms with Gasteiger partial charge in [0.1, 0.15) is 6.04 Å². The highest BCUT2D eigenvalue weighted by molar-refractivity contribution is 6.01. The molecule has 5 rings (SSSR count). The molecule has 0 bridgehead atoms. The minimum Gasteiger partial charge on any atom is -0.343 e. The van der Waals surface area contributed by atoms with Crippen LogP contribution in [0.1, 0.15) is 30.0 Å². The van der Waals surface area contributed by atoms with Gasteiger partial charge in [0.25, 0.3) is 0 Å². The Balaban J connectivity index is 0.00000336. The summed E-state index contributed by atoms with van der Waals surface area (Å²) in [4.78, 5) is 30.9. The Kier molecular flexibility index (Phi) is 9.39. The summed E-state index contributed by atoms with van der Waals surface area (Å²) >= 11 is 0. The molecule has 0 spiro atoms. The molecule has 3 aromatic rings. The van der Waals surface area contributed by atoms with Crippen LogP contribution in [0.5, 0.6) is 0 Å². The van der Waals surface area contributed by atoms with E-state index < -0.39 is 6.04 Å². The highest BCUT2D eigenvalue weighted by Crippen LogP contribution is 2.31. The van der Waals surface area contributed by atoms with Crippen LogP contribution in [-0.2, 0) is 29.1 Å². The Morgan fingerprint density at radius 1 is 0.974 bits per heavy atom. The number of anilines is 1. The van der Waals surface area contributed by atoms with E-state index in [9.17, 15) is 9.59 Å². The topological polar surface area (TPSA) is 76.7 Å². The van der Waals surface area contributed by atoms with Gasteiger partial charge in [0.05, 0.1) is 12.6 Å². The number of carbonyl (C=O) groups excluding carboxylic acids is 2. The first kappa shape index (κ1) is 28.0. The fourth-order valence-corrected chi connectivity index (χ4v) is 5.44. The lowest BCUT2D eigenvalue weighted by Crippen LogP contribution is -2.52. The van der Waals surface area contributed by atoms with Crippen molar-refractivity contribution in [1.82, 2.24) is 20.9 Å². The third kappa shape index (κ3) is 6.02. The normalized spacial score (nSPS) is 18.8. The van der Waals surface area contributed by atoms with Gasteiger partial charge in [0, 0.05) is 38.4 Å². The number of fused-ring (bicyclic) bond motifs is 2. The summed E-state index contributed by atoms with van der Waals surface area (Å²) < 4.78 is 0. The fourth-order valence-electron chi connectivity index (χ4n) is 5.44. The Labute approximate surface area is 231 Å². The van der Waals surface area contributed by atoms with Gasteiger partial charge in [-0.25, -0.2) is 0 Å². The molecule has 2 aliphatic rings. The van der Waals surface area contributed by atoms with E-state index in [0.29, 0.717) is 13.0 Å². The predicted octanol–water partition coefficient (Wildman–Crippen LogP) is 3.24. The zero-order valence-corrected chi connectivity index (χ0v) is 23.0. The number of nitrogens with one attached hydrogen (secondary N) is 3. The minimum atomic E-state index is -0.561. The van der Waals surface area contributed by atoms with Crippen LogP contribution < -0.4 is 20.9 Å². The average molecular weight is 536 g/mol. The van der Waals surface area contributed by atoms with E-state index in [-0.39, 0.29) is 30.3 Å². The van der Waals surface area contributed by atoms with E-state index in [1.165, 1.54) is 16.3 Å². The molecule has 0 aromatic heterocycles. The Morgan fingerprint density at radius 3 is 2.32 bits per heavy atom. The molecule has 0 radical (unpaired) electrons. The second kappa shape index (κ2) is 12.7. The summed E-state index contributed by atoms with van der Waals surface area (Å²) in [6.45, 7) is 7.33. The SMILES string of the molecule is CN[C@@H](C)C(=O)N[C@H]1CCc2ccccc2N(Cc2cccc3c(CN4CCNCC4)cccc23)C1=O.Cl. The number of nitrogens with zero attached hydrogens (tertiary/aromatic N) is 2. The average Bonchev–Trinajstić information content (AvgIpc) is 3.06. The third-order valence-electron chi connectivity index (χ3n) is 7.73. The van der Waals surface area contributed by atoms with Gasteiger partial charge in [0.2, 0.25) is 11.8 Å². The molecule has 2 atom stereocenters. The molecule has 0 aliphatic carbocycles. The molecule has 202 valence electrons. The molecule has 7 nitrogen and oxygen atoms in total. The van der Waals surface area contributed by atoms with Crippen LogP contribution in [-0.4, -0.2) is 62.0 Å². The molecule has 8 heteroatoms. The molecule has 1 saturated heterocycles. The van der Waals surface area contributed by atoms with Crippen LogP contribution in [0.3, 0.4) is 0 Å². The van der Waals surface area contributed by atoms with Crippen molar-refractivity contribution in [2.75, 3.05) is 38.1 Å². The second-order valence-electron chi connectivity index (χ2n) is 10.1. The van der Waals surface area contributed by atoms with Crippen LogP contribution in [0.15, 0.2) is 60.7 Å². The maximum absolute atomic E-state index is 13.9. The third-order valence-corrected chi connectivity index (χ3v) is 7.73. The lowest BCUT2D eigenvalue weighted by molar-refractivity contribution is -0.128. The molecule has 2 heterocycles. The number of hydrogen-bond acceptors (Lipinski definition) is 5. The first-order valence-electron chi connectivity index (χ1n) is 13.3. The van der Waals surface area contributed by atoms with Crippen LogP contribution in [0.4, 0.5) is 5.69 Å². The number of para-hydroxylation sites is 1. The van der Waals surface area contributed by atoms with Crippen molar-refractivity contribution < 1.29 is 9.59 Å². The van der Waals surface area contributed by atoms with Crippen molar-refractivity contribution in [3.8, 4) is 0 Å². The van der Waals surface area contributed by atoms with Gasteiger partial charge in [-0.1, -0.05) is 54.6 Å². The Hall–Kier alpha value is -2.97. The number of halogens is 1. The standard InChI is InChI=1S/C30H37N5O2.ClH/c1-21(31-2)29(36)33-27-14-13-22-7-3-4-12-28(22)35(30(27)37)20-24-9-6-10-25-23(8-5-11-26(24)25)19-34-17-15-32-16-18-34;/h3-12,21,27,31-32H,13-20H2,1-2H3,(H,33,36);1H/t21-,27-;/m0./s1. The van der Waals surface area contributed by atoms with Crippen molar-refractivity contribution in [2.45, 2.75) is 44.9 Å². The van der Waals surface area contributed by atoms with Gasteiger partial charge < -0.3 is 20.9 Å². The number of piperazine rings is 1. The number of rotatable bonds is 7. The smallest absolute Gasteiger partial charge is 0.249 e. The molecule has 2 aliphatic heterocycles. The van der Waals surface area contributed by atoms with E-state index in [1.54, 1.807) is 14.0 Å². The molecule has 2 amide bonds. The summed E-state index contributed by atoms with van der Waals surface area (Å²) in [7, 11) is 1.75. The van der Waals surface area contributed by atoms with Crippen LogP contribution >= 0.6 is 12.4 Å². The summed E-state index contributed by atoms with van der Waals surface area (Å²) in [5.74, 6) is -0.218. The van der Waals surface area contributed by atoms with Crippen molar-refractivity contribution in [3.05, 3.63) is 77.4 Å². The van der Waals surface area contributed by atoms with Crippen molar-refractivity contribution in [2.24, 2.45) is 0 Å². The predicted molar refractivity (Wildman–Crippen MR) is 156 cm³/mol. The van der Waals surface area contributed by atoms with Crippen LogP contribution in [0.2, 0.25) is 0 Å². The number of aryl methyl sites for hydroxylation is 1. The highest BCUT2D eigenvalue weighted by atomic mass is 35.5. The van der Waals surface area contributed by atoms with Gasteiger partial charge in [-0.15, -0.1) is 12.4 Å². The molecular weight excluding hydrogens is 498 g/mol. The number of hydrogen-bond donors (Lipinski definition) is 3.